The van der Waals surface area contributed by atoms with Gasteiger partial charge in [0.1, 0.15) is 6.04 Å². The first-order valence-corrected chi connectivity index (χ1v) is 6.67. The fraction of sp³-hybridized carbons (Fsp3) is 0.846. The Kier molecular flexibility index (Phi) is 3.61. The summed E-state index contributed by atoms with van der Waals surface area (Å²) in [7, 11) is 0. The molecule has 18 heavy (non-hydrogen) atoms. The molecule has 2 N–H and O–H groups in total. The van der Waals surface area contributed by atoms with Crippen molar-refractivity contribution in [1.82, 2.24) is 10.2 Å². The van der Waals surface area contributed by atoms with E-state index in [4.69, 9.17) is 0 Å². The lowest BCUT2D eigenvalue weighted by molar-refractivity contribution is -0.154. The van der Waals surface area contributed by atoms with E-state index in [1.54, 1.807) is 4.90 Å². The lowest BCUT2D eigenvalue weighted by atomic mass is 9.80. The Morgan fingerprint density at radius 2 is 2.11 bits per heavy atom. The molecule has 0 aromatic rings. The zero-order chi connectivity index (χ0) is 13.3. The number of hydrogen-bond acceptors (Lipinski definition) is 3. The van der Waals surface area contributed by atoms with E-state index < -0.39 is 12.0 Å². The zero-order valence-electron chi connectivity index (χ0n) is 11.1. The third-order valence-corrected chi connectivity index (χ3v) is 4.37. The molecule has 2 atom stereocenters. The fourth-order valence-corrected chi connectivity index (χ4v) is 3.17. The van der Waals surface area contributed by atoms with Crippen LogP contribution in [0.25, 0.3) is 0 Å². The van der Waals surface area contributed by atoms with Crippen molar-refractivity contribution >= 4 is 11.9 Å². The Labute approximate surface area is 108 Å². The van der Waals surface area contributed by atoms with Crippen LogP contribution in [-0.4, -0.2) is 47.6 Å². The third kappa shape index (κ3) is 2.36. The second-order valence-corrected chi connectivity index (χ2v) is 6.02. The van der Waals surface area contributed by atoms with Crippen molar-refractivity contribution in [2.45, 2.75) is 39.2 Å². The SMILES string of the molecule is CC1(C)CCCC1C(=O)N1CCNCC1C(=O)O. The molecule has 2 unspecified atom stereocenters. The zero-order valence-corrected chi connectivity index (χ0v) is 11.1. The molecule has 1 heterocycles. The van der Waals surface area contributed by atoms with Gasteiger partial charge in [0.25, 0.3) is 0 Å². The van der Waals surface area contributed by atoms with Crippen molar-refractivity contribution in [2.75, 3.05) is 19.6 Å². The summed E-state index contributed by atoms with van der Waals surface area (Å²) in [5.41, 5.74) is 0.00497. The number of aliphatic carboxylic acids is 1. The molecule has 0 spiro atoms. The van der Waals surface area contributed by atoms with Gasteiger partial charge in [-0.1, -0.05) is 20.3 Å². The van der Waals surface area contributed by atoms with E-state index in [-0.39, 0.29) is 17.2 Å². The van der Waals surface area contributed by atoms with Gasteiger partial charge in [-0.2, -0.15) is 0 Å². The topological polar surface area (TPSA) is 69.6 Å². The highest BCUT2D eigenvalue weighted by Gasteiger charge is 2.44. The number of carboxylic acids is 1. The van der Waals surface area contributed by atoms with Crippen LogP contribution in [0, 0.1) is 11.3 Å². The van der Waals surface area contributed by atoms with Gasteiger partial charge in [0.05, 0.1) is 0 Å². The summed E-state index contributed by atoms with van der Waals surface area (Å²) in [6.07, 6.45) is 3.00. The molecule has 1 saturated heterocycles. The monoisotopic (exact) mass is 254 g/mol. The molecular weight excluding hydrogens is 232 g/mol. The highest BCUT2D eigenvalue weighted by molar-refractivity contribution is 5.86. The van der Waals surface area contributed by atoms with Gasteiger partial charge in [-0.25, -0.2) is 4.79 Å². The largest absolute Gasteiger partial charge is 0.480 e. The number of nitrogens with zero attached hydrogens (tertiary/aromatic N) is 1. The number of rotatable bonds is 2. The summed E-state index contributed by atoms with van der Waals surface area (Å²) in [4.78, 5) is 25.3. The van der Waals surface area contributed by atoms with E-state index in [2.05, 4.69) is 19.2 Å². The highest BCUT2D eigenvalue weighted by Crippen LogP contribution is 2.43. The molecular formula is C13H22N2O3. The Balaban J connectivity index is 2.13. The van der Waals surface area contributed by atoms with Crippen LogP contribution in [-0.2, 0) is 9.59 Å². The van der Waals surface area contributed by atoms with Gasteiger partial charge in [0.2, 0.25) is 5.91 Å². The molecule has 1 saturated carbocycles. The van der Waals surface area contributed by atoms with Crippen LogP contribution in [0.1, 0.15) is 33.1 Å². The molecule has 0 radical (unpaired) electrons. The van der Waals surface area contributed by atoms with Gasteiger partial charge < -0.3 is 15.3 Å². The molecule has 5 nitrogen and oxygen atoms in total. The van der Waals surface area contributed by atoms with Crippen molar-refractivity contribution in [2.24, 2.45) is 11.3 Å². The average Bonchev–Trinajstić information content (AvgIpc) is 2.68. The lowest BCUT2D eigenvalue weighted by Gasteiger charge is -2.38. The molecule has 1 aliphatic carbocycles. The van der Waals surface area contributed by atoms with E-state index in [1.165, 1.54) is 0 Å². The Morgan fingerprint density at radius 3 is 2.67 bits per heavy atom. The summed E-state index contributed by atoms with van der Waals surface area (Å²) in [6, 6.07) is -0.706. The van der Waals surface area contributed by atoms with Crippen molar-refractivity contribution in [3.8, 4) is 0 Å². The maximum Gasteiger partial charge on any atom is 0.327 e. The number of nitrogens with one attached hydrogen (secondary N) is 1. The summed E-state index contributed by atoms with van der Waals surface area (Å²) < 4.78 is 0. The molecule has 1 aliphatic heterocycles. The predicted molar refractivity (Wildman–Crippen MR) is 67.1 cm³/mol. The van der Waals surface area contributed by atoms with Gasteiger partial charge in [-0.3, -0.25) is 4.79 Å². The average molecular weight is 254 g/mol. The third-order valence-electron chi connectivity index (χ3n) is 4.37. The standard InChI is InChI=1S/C13H22N2O3/c1-13(2)5-3-4-9(13)11(16)15-7-6-14-8-10(15)12(17)18/h9-10,14H,3-8H2,1-2H3,(H,17,18). The van der Waals surface area contributed by atoms with Gasteiger partial charge in [0, 0.05) is 25.6 Å². The van der Waals surface area contributed by atoms with Gasteiger partial charge in [0.15, 0.2) is 0 Å². The molecule has 102 valence electrons. The molecule has 2 fully saturated rings. The minimum absolute atomic E-state index is 0.00497. The number of carboxylic acid groups (broad SMARTS) is 1. The molecule has 5 heteroatoms. The van der Waals surface area contributed by atoms with Crippen molar-refractivity contribution in [3.63, 3.8) is 0 Å². The summed E-state index contributed by atoms with van der Waals surface area (Å²) in [5.74, 6) is -0.893. The minimum Gasteiger partial charge on any atom is -0.480 e. The molecule has 2 aliphatic rings. The normalized spacial score (nSPS) is 31.3. The summed E-state index contributed by atoms with van der Waals surface area (Å²) in [5, 5.41) is 12.2. The lowest BCUT2D eigenvalue weighted by Crippen LogP contribution is -2.58. The van der Waals surface area contributed by atoms with Gasteiger partial charge in [-0.15, -0.1) is 0 Å². The quantitative estimate of drug-likeness (QED) is 0.761. The Bertz CT molecular complexity index is 354. The van der Waals surface area contributed by atoms with Crippen molar-refractivity contribution < 1.29 is 14.7 Å². The molecule has 2 rings (SSSR count). The van der Waals surface area contributed by atoms with Gasteiger partial charge in [-0.05, 0) is 18.3 Å². The number of carbonyl (C=O) groups is 2. The molecule has 1 amide bonds. The van der Waals surface area contributed by atoms with Crippen LogP contribution in [0.5, 0.6) is 0 Å². The summed E-state index contributed by atoms with van der Waals surface area (Å²) >= 11 is 0. The van der Waals surface area contributed by atoms with Gasteiger partial charge >= 0.3 is 5.97 Å². The van der Waals surface area contributed by atoms with Crippen LogP contribution >= 0.6 is 0 Å². The van der Waals surface area contributed by atoms with E-state index in [0.717, 1.165) is 19.3 Å². The number of amides is 1. The second-order valence-electron chi connectivity index (χ2n) is 6.02. The summed E-state index contributed by atoms with van der Waals surface area (Å²) in [6.45, 7) is 5.76. The van der Waals surface area contributed by atoms with Crippen LogP contribution < -0.4 is 5.32 Å². The van der Waals surface area contributed by atoms with Crippen LogP contribution in [0.3, 0.4) is 0 Å². The molecule has 0 aromatic heterocycles. The van der Waals surface area contributed by atoms with Crippen LogP contribution in [0.2, 0.25) is 0 Å². The number of carbonyl (C=O) groups excluding carboxylic acids is 1. The maximum atomic E-state index is 12.6. The number of hydrogen-bond donors (Lipinski definition) is 2. The first kappa shape index (κ1) is 13.3. The second kappa shape index (κ2) is 4.88. The molecule has 0 bridgehead atoms. The van der Waals surface area contributed by atoms with E-state index >= 15 is 0 Å². The van der Waals surface area contributed by atoms with Crippen molar-refractivity contribution in [3.05, 3.63) is 0 Å². The molecule has 0 aromatic carbocycles. The Hall–Kier alpha value is -1.10. The van der Waals surface area contributed by atoms with E-state index in [0.29, 0.717) is 19.6 Å². The predicted octanol–water partition coefficient (Wildman–Crippen LogP) is 0.698. The fourth-order valence-electron chi connectivity index (χ4n) is 3.17. The Morgan fingerprint density at radius 1 is 1.39 bits per heavy atom. The van der Waals surface area contributed by atoms with Crippen molar-refractivity contribution in [1.29, 1.82) is 0 Å². The smallest absolute Gasteiger partial charge is 0.327 e. The van der Waals surface area contributed by atoms with E-state index in [1.807, 2.05) is 0 Å². The van der Waals surface area contributed by atoms with Crippen LogP contribution in [0.15, 0.2) is 0 Å². The minimum atomic E-state index is -0.911. The number of piperazine rings is 1. The van der Waals surface area contributed by atoms with Crippen LogP contribution in [0.4, 0.5) is 0 Å². The maximum absolute atomic E-state index is 12.6. The first-order chi connectivity index (χ1) is 8.43. The van der Waals surface area contributed by atoms with E-state index in [9.17, 15) is 14.7 Å². The first-order valence-electron chi connectivity index (χ1n) is 6.67. The highest BCUT2D eigenvalue weighted by atomic mass is 16.4.